The first-order valence-electron chi connectivity index (χ1n) is 7.51. The Morgan fingerprint density at radius 2 is 2.00 bits per heavy atom. The normalized spacial score (nSPS) is 10.5. The van der Waals surface area contributed by atoms with E-state index in [9.17, 15) is 9.59 Å². The number of carbonyl (C=O) groups is 1. The molecule has 0 amide bonds. The molecule has 2 aromatic heterocycles. The van der Waals surface area contributed by atoms with Crippen molar-refractivity contribution in [1.29, 1.82) is 0 Å². The molecular formula is C18H16N2O5. The third kappa shape index (κ3) is 3.60. The van der Waals surface area contributed by atoms with E-state index in [2.05, 4.69) is 5.16 Å². The highest BCUT2D eigenvalue weighted by Gasteiger charge is 2.14. The average Bonchev–Trinajstić information content (AvgIpc) is 3.11. The smallest absolute Gasteiger partial charge is 0.344 e. The van der Waals surface area contributed by atoms with Crippen LogP contribution in [0.5, 0.6) is 5.75 Å². The van der Waals surface area contributed by atoms with Gasteiger partial charge in [-0.05, 0) is 36.4 Å². The highest BCUT2D eigenvalue weighted by molar-refractivity contribution is 5.88. The Kier molecular flexibility index (Phi) is 4.65. The summed E-state index contributed by atoms with van der Waals surface area (Å²) in [4.78, 5) is 23.9. The summed E-state index contributed by atoms with van der Waals surface area (Å²) in [5.74, 6) is 0.585. The molecule has 0 unspecified atom stereocenters. The predicted octanol–water partition coefficient (Wildman–Crippen LogP) is 2.41. The molecule has 7 nitrogen and oxygen atoms in total. The number of nitrogens with zero attached hydrogens (tertiary/aromatic N) is 2. The molecule has 7 heteroatoms. The van der Waals surface area contributed by atoms with Gasteiger partial charge in [0.2, 0.25) is 0 Å². The molecule has 0 aliphatic heterocycles. The molecule has 0 aliphatic carbocycles. The second-order valence-electron chi connectivity index (χ2n) is 5.33. The Bertz CT molecular complexity index is 941. The van der Waals surface area contributed by atoms with Gasteiger partial charge in [0.15, 0.2) is 5.76 Å². The number of carbonyl (C=O) groups excluding carboxylic acids is 1. The van der Waals surface area contributed by atoms with Gasteiger partial charge in [-0.1, -0.05) is 5.16 Å². The topological polar surface area (TPSA) is 83.6 Å². The summed E-state index contributed by atoms with van der Waals surface area (Å²) in [7, 11) is 3.16. The van der Waals surface area contributed by atoms with Crippen molar-refractivity contribution in [3.8, 4) is 17.1 Å². The minimum Gasteiger partial charge on any atom is -0.497 e. The lowest BCUT2D eigenvalue weighted by Gasteiger charge is -2.03. The van der Waals surface area contributed by atoms with E-state index in [-0.39, 0.29) is 12.2 Å². The Labute approximate surface area is 143 Å². The largest absolute Gasteiger partial charge is 0.497 e. The van der Waals surface area contributed by atoms with Crippen molar-refractivity contribution in [1.82, 2.24) is 9.72 Å². The molecule has 0 aliphatic rings. The molecule has 0 radical (unpaired) electrons. The fraction of sp³-hybridized carbons (Fsp3) is 0.167. The molecule has 128 valence electrons. The van der Waals surface area contributed by atoms with Crippen LogP contribution in [0.4, 0.5) is 0 Å². The summed E-state index contributed by atoms with van der Waals surface area (Å²) in [6, 6.07) is 12.0. The van der Waals surface area contributed by atoms with Gasteiger partial charge >= 0.3 is 5.97 Å². The van der Waals surface area contributed by atoms with Crippen molar-refractivity contribution in [2.75, 3.05) is 7.11 Å². The fourth-order valence-corrected chi connectivity index (χ4v) is 2.24. The number of esters is 1. The van der Waals surface area contributed by atoms with Crippen LogP contribution in [0.15, 0.2) is 58.0 Å². The van der Waals surface area contributed by atoms with Crippen molar-refractivity contribution < 1.29 is 18.8 Å². The van der Waals surface area contributed by atoms with Crippen molar-refractivity contribution in [2.24, 2.45) is 7.05 Å². The van der Waals surface area contributed by atoms with Crippen LogP contribution >= 0.6 is 0 Å². The van der Waals surface area contributed by atoms with E-state index >= 15 is 0 Å². The lowest BCUT2D eigenvalue weighted by molar-refractivity contribution is 0.0461. The Morgan fingerprint density at radius 1 is 1.24 bits per heavy atom. The van der Waals surface area contributed by atoms with E-state index in [0.29, 0.717) is 11.5 Å². The van der Waals surface area contributed by atoms with Gasteiger partial charge in [-0.25, -0.2) is 4.79 Å². The molecule has 25 heavy (non-hydrogen) atoms. The Balaban J connectivity index is 1.68. The van der Waals surface area contributed by atoms with Crippen LogP contribution in [0.3, 0.4) is 0 Å². The lowest BCUT2D eigenvalue weighted by atomic mass is 10.1. The first kappa shape index (κ1) is 16.5. The van der Waals surface area contributed by atoms with Crippen LogP contribution in [0.1, 0.15) is 16.1 Å². The maximum Gasteiger partial charge on any atom is 0.344 e. The molecule has 0 atom stereocenters. The summed E-state index contributed by atoms with van der Waals surface area (Å²) < 4.78 is 16.8. The fourth-order valence-electron chi connectivity index (χ4n) is 2.24. The van der Waals surface area contributed by atoms with Crippen LogP contribution in [0, 0.1) is 0 Å². The van der Waals surface area contributed by atoms with Crippen LogP contribution in [0.25, 0.3) is 11.3 Å². The number of hydrogen-bond donors (Lipinski definition) is 0. The summed E-state index contributed by atoms with van der Waals surface area (Å²) in [6.07, 6.45) is 1.57. The van der Waals surface area contributed by atoms with Gasteiger partial charge in [-0.3, -0.25) is 4.79 Å². The molecular weight excluding hydrogens is 324 g/mol. The van der Waals surface area contributed by atoms with Crippen molar-refractivity contribution in [2.45, 2.75) is 6.61 Å². The number of pyridine rings is 1. The second-order valence-corrected chi connectivity index (χ2v) is 5.33. The first-order valence-corrected chi connectivity index (χ1v) is 7.51. The first-order chi connectivity index (χ1) is 12.1. The SMILES string of the molecule is COc1ccc(-c2cc(COC(=O)c3cccn(C)c3=O)no2)cc1. The molecule has 0 saturated carbocycles. The molecule has 0 bridgehead atoms. The van der Waals surface area contributed by atoms with Gasteiger partial charge < -0.3 is 18.6 Å². The van der Waals surface area contributed by atoms with Gasteiger partial charge in [0, 0.05) is 24.9 Å². The van der Waals surface area contributed by atoms with Gasteiger partial charge in [0.25, 0.3) is 5.56 Å². The molecule has 3 rings (SSSR count). The Morgan fingerprint density at radius 3 is 2.72 bits per heavy atom. The van der Waals surface area contributed by atoms with E-state index in [4.69, 9.17) is 14.0 Å². The number of ether oxygens (including phenoxy) is 2. The monoisotopic (exact) mass is 340 g/mol. The highest BCUT2D eigenvalue weighted by atomic mass is 16.5. The average molecular weight is 340 g/mol. The third-order valence-corrected chi connectivity index (χ3v) is 3.63. The summed E-state index contributed by atoms with van der Waals surface area (Å²) in [5.41, 5.74) is 0.838. The molecule has 2 heterocycles. The summed E-state index contributed by atoms with van der Waals surface area (Å²) >= 11 is 0. The van der Waals surface area contributed by atoms with E-state index in [1.165, 1.54) is 10.6 Å². The maximum absolute atomic E-state index is 12.0. The minimum absolute atomic E-state index is 0.0242. The van der Waals surface area contributed by atoms with E-state index < -0.39 is 11.5 Å². The quantitative estimate of drug-likeness (QED) is 0.663. The molecule has 0 spiro atoms. The zero-order valence-electron chi connectivity index (χ0n) is 13.8. The van der Waals surface area contributed by atoms with Gasteiger partial charge in [0.05, 0.1) is 7.11 Å². The number of methoxy groups -OCH3 is 1. The van der Waals surface area contributed by atoms with Crippen LogP contribution in [-0.2, 0) is 18.4 Å². The number of benzene rings is 1. The van der Waals surface area contributed by atoms with Crippen LogP contribution < -0.4 is 10.3 Å². The van der Waals surface area contributed by atoms with Crippen molar-refractivity contribution >= 4 is 5.97 Å². The molecule has 0 N–H and O–H groups in total. The lowest BCUT2D eigenvalue weighted by Crippen LogP contribution is -2.24. The van der Waals surface area contributed by atoms with Gasteiger partial charge in [0.1, 0.15) is 23.6 Å². The number of aromatic nitrogens is 2. The third-order valence-electron chi connectivity index (χ3n) is 3.63. The number of hydrogen-bond acceptors (Lipinski definition) is 6. The molecule has 0 fully saturated rings. The summed E-state index contributed by atoms with van der Waals surface area (Å²) in [5, 5.41) is 3.87. The van der Waals surface area contributed by atoms with Crippen molar-refractivity contribution in [3.05, 3.63) is 70.3 Å². The molecule has 0 saturated heterocycles. The van der Waals surface area contributed by atoms with Gasteiger partial charge in [-0.2, -0.15) is 0 Å². The second kappa shape index (κ2) is 7.04. The standard InChI is InChI=1S/C18H16N2O5/c1-20-9-3-4-15(17(20)21)18(22)24-11-13-10-16(25-19-13)12-5-7-14(23-2)8-6-12/h3-10H,11H2,1-2H3. The number of rotatable bonds is 5. The maximum atomic E-state index is 12.0. The minimum atomic E-state index is -0.699. The van der Waals surface area contributed by atoms with Crippen LogP contribution in [-0.4, -0.2) is 22.8 Å². The highest BCUT2D eigenvalue weighted by Crippen LogP contribution is 2.23. The summed E-state index contributed by atoms with van der Waals surface area (Å²) in [6.45, 7) is -0.0868. The zero-order valence-corrected chi connectivity index (χ0v) is 13.8. The van der Waals surface area contributed by atoms with E-state index in [1.807, 2.05) is 24.3 Å². The van der Waals surface area contributed by atoms with Gasteiger partial charge in [-0.15, -0.1) is 0 Å². The Hall–Kier alpha value is -3.35. The van der Waals surface area contributed by atoms with E-state index in [1.54, 1.807) is 32.5 Å². The number of aryl methyl sites for hydroxylation is 1. The predicted molar refractivity (Wildman–Crippen MR) is 89.3 cm³/mol. The van der Waals surface area contributed by atoms with E-state index in [0.717, 1.165) is 11.3 Å². The van der Waals surface area contributed by atoms with Crippen molar-refractivity contribution in [3.63, 3.8) is 0 Å². The molecule has 3 aromatic rings. The van der Waals surface area contributed by atoms with Crippen LogP contribution in [0.2, 0.25) is 0 Å². The zero-order chi connectivity index (χ0) is 17.8. The molecule has 1 aromatic carbocycles.